The summed E-state index contributed by atoms with van der Waals surface area (Å²) in [5.41, 5.74) is 1.96. The van der Waals surface area contributed by atoms with E-state index in [2.05, 4.69) is 20.6 Å². The third-order valence-electron chi connectivity index (χ3n) is 5.53. The Morgan fingerprint density at radius 1 is 1.00 bits per heavy atom. The number of nitrogens with two attached hydrogens (primary N) is 1. The average molecular weight is 556 g/mol. The van der Waals surface area contributed by atoms with E-state index in [1.54, 1.807) is 25.3 Å². The summed E-state index contributed by atoms with van der Waals surface area (Å²) in [7, 11) is -2.22. The number of carbonyl (C=O) groups excluding carboxylic acids is 1. The highest BCUT2D eigenvalue weighted by molar-refractivity contribution is 7.89. The van der Waals surface area contributed by atoms with E-state index >= 15 is 0 Å². The first-order valence-electron chi connectivity index (χ1n) is 11.6. The van der Waals surface area contributed by atoms with Crippen molar-refractivity contribution < 1.29 is 22.7 Å². The van der Waals surface area contributed by atoms with E-state index in [1.165, 1.54) is 30.6 Å². The van der Waals surface area contributed by atoms with E-state index in [0.717, 1.165) is 11.1 Å². The summed E-state index contributed by atoms with van der Waals surface area (Å²) in [6.07, 6.45) is 2.95. The first-order chi connectivity index (χ1) is 18.2. The molecule has 198 valence electrons. The molecule has 0 saturated heterocycles. The number of carbonyl (C=O) groups is 1. The van der Waals surface area contributed by atoms with Crippen LogP contribution in [0, 0.1) is 0 Å². The maximum Gasteiger partial charge on any atom is 0.238 e. The molecular weight excluding hydrogens is 530 g/mol. The van der Waals surface area contributed by atoms with E-state index < -0.39 is 10.0 Å². The lowest BCUT2D eigenvalue weighted by Crippen LogP contribution is -2.13. The molecule has 0 atom stereocenters. The van der Waals surface area contributed by atoms with Crippen LogP contribution >= 0.6 is 11.6 Å². The van der Waals surface area contributed by atoms with Crippen LogP contribution in [0.25, 0.3) is 10.9 Å². The van der Waals surface area contributed by atoms with E-state index in [0.29, 0.717) is 53.0 Å². The van der Waals surface area contributed by atoms with E-state index in [-0.39, 0.29) is 17.2 Å². The number of hydrogen-bond donors (Lipinski definition) is 3. The first kappa shape index (κ1) is 27.1. The van der Waals surface area contributed by atoms with Gasteiger partial charge in [0.25, 0.3) is 0 Å². The molecule has 0 unspecified atom stereocenters. The summed E-state index contributed by atoms with van der Waals surface area (Å²) < 4.78 is 34.1. The van der Waals surface area contributed by atoms with Crippen molar-refractivity contribution in [2.24, 2.45) is 5.14 Å². The molecule has 10 nitrogen and oxygen atoms in total. The molecule has 0 aliphatic carbocycles. The molecular formula is C26H26ClN5O5S. The number of methoxy groups -OCH3 is 1. The summed E-state index contributed by atoms with van der Waals surface area (Å²) in [5, 5.41) is 12.4. The molecule has 38 heavy (non-hydrogen) atoms. The van der Waals surface area contributed by atoms with Gasteiger partial charge in [-0.2, -0.15) is 0 Å². The van der Waals surface area contributed by atoms with Gasteiger partial charge in [-0.15, -0.1) is 0 Å². The van der Waals surface area contributed by atoms with Crippen LogP contribution in [0.1, 0.15) is 19.3 Å². The van der Waals surface area contributed by atoms with Crippen LogP contribution in [0.5, 0.6) is 11.5 Å². The van der Waals surface area contributed by atoms with Gasteiger partial charge >= 0.3 is 0 Å². The number of anilines is 3. The molecule has 0 spiro atoms. The lowest BCUT2D eigenvalue weighted by atomic mass is 10.2. The molecule has 1 heterocycles. The lowest BCUT2D eigenvalue weighted by Gasteiger charge is -2.14. The highest BCUT2D eigenvalue weighted by Crippen LogP contribution is 2.35. The number of aromatic nitrogens is 2. The summed E-state index contributed by atoms with van der Waals surface area (Å²) in [6, 6.07) is 16.6. The maximum atomic E-state index is 12.2. The predicted molar refractivity (Wildman–Crippen MR) is 147 cm³/mol. The second-order valence-corrected chi connectivity index (χ2v) is 10.3. The van der Waals surface area contributed by atoms with Crippen molar-refractivity contribution in [3.05, 3.63) is 72.0 Å². The van der Waals surface area contributed by atoms with Crippen molar-refractivity contribution >= 4 is 55.6 Å². The van der Waals surface area contributed by atoms with Crippen molar-refractivity contribution in [1.29, 1.82) is 0 Å². The molecule has 0 aliphatic rings. The fourth-order valence-electron chi connectivity index (χ4n) is 3.66. The van der Waals surface area contributed by atoms with Gasteiger partial charge < -0.3 is 20.1 Å². The fraction of sp³-hybridized carbons (Fsp3) is 0.192. The zero-order valence-corrected chi connectivity index (χ0v) is 22.1. The van der Waals surface area contributed by atoms with Gasteiger partial charge in [0.05, 0.1) is 24.1 Å². The molecule has 3 aromatic carbocycles. The number of hydrogen-bond acceptors (Lipinski definition) is 8. The van der Waals surface area contributed by atoms with Crippen LogP contribution in [0.4, 0.5) is 17.2 Å². The van der Waals surface area contributed by atoms with E-state index in [9.17, 15) is 13.2 Å². The topological polar surface area (TPSA) is 146 Å². The predicted octanol–water partition coefficient (Wildman–Crippen LogP) is 4.87. The third-order valence-corrected chi connectivity index (χ3v) is 6.69. The number of nitrogens with one attached hydrogen (secondary N) is 2. The van der Waals surface area contributed by atoms with Crippen LogP contribution in [0.3, 0.4) is 0 Å². The summed E-state index contributed by atoms with van der Waals surface area (Å²) in [5.74, 6) is 1.47. The molecule has 0 aliphatic heterocycles. The molecule has 4 rings (SSSR count). The molecule has 0 radical (unpaired) electrons. The molecule has 1 amide bonds. The largest absolute Gasteiger partial charge is 0.493 e. The summed E-state index contributed by atoms with van der Waals surface area (Å²) >= 11 is 6.10. The van der Waals surface area contributed by atoms with Gasteiger partial charge in [0.1, 0.15) is 12.1 Å². The monoisotopic (exact) mass is 555 g/mol. The number of primary sulfonamides is 1. The Labute approximate surface area is 225 Å². The Kier molecular flexibility index (Phi) is 8.62. The quantitative estimate of drug-likeness (QED) is 0.222. The molecule has 0 saturated carbocycles. The Hall–Kier alpha value is -3.93. The third kappa shape index (κ3) is 7.09. The number of rotatable bonds is 11. The minimum Gasteiger partial charge on any atom is -0.493 e. The standard InChI is InChI=1S/C26H26ClN5O5S/c1-36-23-15-22-21(26(30-16-29-22)32-19-6-4-5-17(27)13-19)14-24(23)37-12-3-2-7-25(33)31-18-8-10-20(11-9-18)38(28,34)35/h4-6,8-11,13-16H,2-3,7,12H2,1H3,(H,31,33)(H2,28,34,35)(H,29,30,32). The molecule has 0 fully saturated rings. The number of amides is 1. The van der Waals surface area contributed by atoms with Crippen molar-refractivity contribution in [3.63, 3.8) is 0 Å². The lowest BCUT2D eigenvalue weighted by molar-refractivity contribution is -0.116. The van der Waals surface area contributed by atoms with Gasteiger partial charge in [0, 0.05) is 34.3 Å². The van der Waals surface area contributed by atoms with Crippen molar-refractivity contribution in [1.82, 2.24) is 9.97 Å². The molecule has 12 heteroatoms. The van der Waals surface area contributed by atoms with E-state index in [4.69, 9.17) is 26.2 Å². The normalized spacial score (nSPS) is 11.2. The fourth-order valence-corrected chi connectivity index (χ4v) is 4.37. The minimum absolute atomic E-state index is 0.0179. The Morgan fingerprint density at radius 2 is 1.79 bits per heavy atom. The van der Waals surface area contributed by atoms with Crippen molar-refractivity contribution in [3.8, 4) is 11.5 Å². The highest BCUT2D eigenvalue weighted by Gasteiger charge is 2.13. The maximum absolute atomic E-state index is 12.2. The van der Waals surface area contributed by atoms with Gasteiger partial charge in [-0.3, -0.25) is 4.79 Å². The SMILES string of the molecule is COc1cc2ncnc(Nc3cccc(Cl)c3)c2cc1OCCCCC(=O)Nc1ccc(S(N)(=O)=O)cc1. The van der Waals surface area contributed by atoms with Crippen molar-refractivity contribution in [2.75, 3.05) is 24.4 Å². The van der Waals surface area contributed by atoms with Gasteiger partial charge in [0.15, 0.2) is 11.5 Å². The van der Waals surface area contributed by atoms with Gasteiger partial charge in [0.2, 0.25) is 15.9 Å². The highest BCUT2D eigenvalue weighted by atomic mass is 35.5. The zero-order chi connectivity index (χ0) is 27.1. The van der Waals surface area contributed by atoms with Crippen molar-refractivity contribution in [2.45, 2.75) is 24.2 Å². The zero-order valence-electron chi connectivity index (χ0n) is 20.5. The number of ether oxygens (including phenoxy) is 2. The number of nitrogens with zero attached hydrogens (tertiary/aromatic N) is 2. The average Bonchev–Trinajstić information content (AvgIpc) is 2.88. The number of unbranched alkanes of at least 4 members (excludes halogenated alkanes) is 1. The Bertz CT molecular complexity index is 1550. The summed E-state index contributed by atoms with van der Waals surface area (Å²) in [4.78, 5) is 20.9. The smallest absolute Gasteiger partial charge is 0.238 e. The van der Waals surface area contributed by atoms with Gasteiger partial charge in [-0.05, 0) is 61.4 Å². The number of benzene rings is 3. The Balaban J connectivity index is 1.34. The second kappa shape index (κ2) is 12.1. The van der Waals surface area contributed by atoms with E-state index in [1.807, 2.05) is 18.2 Å². The van der Waals surface area contributed by atoms with Gasteiger partial charge in [-0.1, -0.05) is 17.7 Å². The van der Waals surface area contributed by atoms with Gasteiger partial charge in [-0.25, -0.2) is 23.5 Å². The van der Waals surface area contributed by atoms with Crippen LogP contribution < -0.4 is 25.2 Å². The van der Waals surface area contributed by atoms with Crippen LogP contribution in [-0.4, -0.2) is 38.0 Å². The number of fused-ring (bicyclic) bond motifs is 1. The van der Waals surface area contributed by atoms with Crippen LogP contribution in [0.15, 0.2) is 71.9 Å². The second-order valence-electron chi connectivity index (χ2n) is 8.30. The molecule has 0 bridgehead atoms. The Morgan fingerprint density at radius 3 is 2.50 bits per heavy atom. The van der Waals surface area contributed by atoms with Crippen LogP contribution in [0.2, 0.25) is 5.02 Å². The molecule has 1 aromatic heterocycles. The van der Waals surface area contributed by atoms with Crippen LogP contribution in [-0.2, 0) is 14.8 Å². The minimum atomic E-state index is -3.78. The molecule has 4 N–H and O–H groups in total. The first-order valence-corrected chi connectivity index (χ1v) is 13.6. The number of halogens is 1. The summed E-state index contributed by atoms with van der Waals surface area (Å²) in [6.45, 7) is 0.364. The number of sulfonamides is 1. The molecule has 4 aromatic rings.